The molecule has 1 aliphatic heterocycles. The van der Waals surface area contributed by atoms with Crippen LogP contribution in [0.25, 0.3) is 0 Å². The highest BCUT2D eigenvalue weighted by Crippen LogP contribution is 2.33. The zero-order valence-corrected chi connectivity index (χ0v) is 12.9. The maximum absolute atomic E-state index is 5.87. The molecule has 0 saturated carbocycles. The Morgan fingerprint density at radius 3 is 3.00 bits per heavy atom. The van der Waals surface area contributed by atoms with Crippen LogP contribution in [0.2, 0.25) is 0 Å². The van der Waals surface area contributed by atoms with E-state index in [1.54, 1.807) is 0 Å². The minimum atomic E-state index is 0.521. The van der Waals surface area contributed by atoms with Gasteiger partial charge < -0.3 is 5.73 Å². The average molecular weight is 317 g/mol. The number of rotatable bonds is 3. The zero-order chi connectivity index (χ0) is 12.4. The fraction of sp³-hybridized carbons (Fsp3) is 0.692. The largest absolute Gasteiger partial charge is 0.330 e. The highest BCUT2D eigenvalue weighted by molar-refractivity contribution is 9.10. The molecule has 0 amide bonds. The Bertz CT molecular complexity index is 366. The molecule has 1 aliphatic rings. The maximum atomic E-state index is 5.87. The van der Waals surface area contributed by atoms with Gasteiger partial charge in [-0.05, 0) is 60.3 Å². The molecule has 4 heteroatoms. The summed E-state index contributed by atoms with van der Waals surface area (Å²) in [4.78, 5) is 4.03. The van der Waals surface area contributed by atoms with Crippen molar-refractivity contribution in [2.45, 2.75) is 26.3 Å². The molecule has 2 nitrogen and oxygen atoms in total. The molecule has 3 unspecified atom stereocenters. The molecule has 0 radical (unpaired) electrons. The minimum Gasteiger partial charge on any atom is -0.330 e. The van der Waals surface area contributed by atoms with Gasteiger partial charge in [0.1, 0.15) is 0 Å². The number of hydrogen-bond acceptors (Lipinski definition) is 3. The Morgan fingerprint density at radius 2 is 2.41 bits per heavy atom. The number of piperidine rings is 1. The second kappa shape index (κ2) is 5.83. The summed E-state index contributed by atoms with van der Waals surface area (Å²) in [7, 11) is 0. The number of thiophene rings is 1. The van der Waals surface area contributed by atoms with E-state index in [0.717, 1.165) is 19.0 Å². The van der Waals surface area contributed by atoms with Crippen molar-refractivity contribution in [3.05, 3.63) is 20.8 Å². The second-order valence-corrected chi connectivity index (χ2v) is 6.96. The monoisotopic (exact) mass is 316 g/mol. The minimum absolute atomic E-state index is 0.521. The van der Waals surface area contributed by atoms with E-state index >= 15 is 0 Å². The number of likely N-dealkylation sites (tertiary alicyclic amines) is 1. The summed E-state index contributed by atoms with van der Waals surface area (Å²) in [5.74, 6) is 1.44. The Hall–Kier alpha value is 0.1000. The Labute approximate surface area is 116 Å². The van der Waals surface area contributed by atoms with Gasteiger partial charge in [-0.2, -0.15) is 0 Å². The predicted octanol–water partition coefficient (Wildman–Crippen LogP) is 3.49. The van der Waals surface area contributed by atoms with Gasteiger partial charge in [-0.25, -0.2) is 0 Å². The van der Waals surface area contributed by atoms with Crippen molar-refractivity contribution in [2.75, 3.05) is 19.6 Å². The van der Waals surface area contributed by atoms with Gasteiger partial charge in [0.2, 0.25) is 0 Å². The molecule has 1 saturated heterocycles. The number of nitrogens with zero attached hydrogens (tertiary/aromatic N) is 1. The molecule has 1 aromatic rings. The number of nitrogens with two attached hydrogens (primary N) is 1. The summed E-state index contributed by atoms with van der Waals surface area (Å²) >= 11 is 5.37. The van der Waals surface area contributed by atoms with Gasteiger partial charge in [0.05, 0.1) is 0 Å². The molecule has 96 valence electrons. The standard InChI is InChI=1S/C13H21BrN2S/c1-9-3-4-16(7-11(9)6-15)10(2)13-5-12(14)8-17-13/h5,8-11H,3-4,6-7,15H2,1-2H3. The summed E-state index contributed by atoms with van der Waals surface area (Å²) < 4.78 is 1.20. The van der Waals surface area contributed by atoms with E-state index in [2.05, 4.69) is 46.1 Å². The third kappa shape index (κ3) is 3.11. The molecule has 0 bridgehead atoms. The quantitative estimate of drug-likeness (QED) is 0.925. The molecule has 2 heterocycles. The van der Waals surface area contributed by atoms with Crippen LogP contribution in [0.15, 0.2) is 15.9 Å². The number of halogens is 1. The summed E-state index contributed by atoms with van der Waals surface area (Å²) in [6.07, 6.45) is 1.28. The summed E-state index contributed by atoms with van der Waals surface area (Å²) in [6.45, 7) is 7.81. The maximum Gasteiger partial charge on any atom is 0.0413 e. The lowest BCUT2D eigenvalue weighted by Crippen LogP contribution is -2.43. The molecule has 0 spiro atoms. The van der Waals surface area contributed by atoms with E-state index in [4.69, 9.17) is 5.73 Å². The fourth-order valence-electron chi connectivity index (χ4n) is 2.56. The first kappa shape index (κ1) is 13.5. The lowest BCUT2D eigenvalue weighted by Gasteiger charge is -2.39. The lowest BCUT2D eigenvalue weighted by molar-refractivity contribution is 0.0992. The van der Waals surface area contributed by atoms with Gasteiger partial charge in [-0.1, -0.05) is 6.92 Å². The first-order chi connectivity index (χ1) is 8.11. The van der Waals surface area contributed by atoms with Crippen molar-refractivity contribution in [3.8, 4) is 0 Å². The van der Waals surface area contributed by atoms with Gasteiger partial charge in [-0.15, -0.1) is 11.3 Å². The van der Waals surface area contributed by atoms with Crippen LogP contribution in [0.1, 0.15) is 31.2 Å². The lowest BCUT2D eigenvalue weighted by atomic mass is 9.86. The van der Waals surface area contributed by atoms with Crippen LogP contribution in [-0.2, 0) is 0 Å². The first-order valence-electron chi connectivity index (χ1n) is 6.30. The normalized spacial score (nSPS) is 28.2. The van der Waals surface area contributed by atoms with E-state index < -0.39 is 0 Å². The van der Waals surface area contributed by atoms with Gasteiger partial charge in [0, 0.05) is 27.3 Å². The SMILES string of the molecule is CC1CCN(C(C)c2cc(Br)cs2)CC1CN. The Morgan fingerprint density at radius 1 is 1.65 bits per heavy atom. The fourth-order valence-corrected chi connectivity index (χ4v) is 4.10. The van der Waals surface area contributed by atoms with E-state index in [9.17, 15) is 0 Å². The molecule has 1 aromatic heterocycles. The van der Waals surface area contributed by atoms with Gasteiger partial charge >= 0.3 is 0 Å². The van der Waals surface area contributed by atoms with Crippen molar-refractivity contribution < 1.29 is 0 Å². The smallest absolute Gasteiger partial charge is 0.0413 e. The molecule has 1 fully saturated rings. The van der Waals surface area contributed by atoms with Crippen LogP contribution in [0, 0.1) is 11.8 Å². The van der Waals surface area contributed by atoms with Crippen LogP contribution in [0.3, 0.4) is 0 Å². The first-order valence-corrected chi connectivity index (χ1v) is 7.97. The topological polar surface area (TPSA) is 29.3 Å². The third-order valence-electron chi connectivity index (χ3n) is 4.00. The molecule has 0 aromatic carbocycles. The van der Waals surface area contributed by atoms with Crippen LogP contribution in [-0.4, -0.2) is 24.5 Å². The van der Waals surface area contributed by atoms with Crippen molar-refractivity contribution in [2.24, 2.45) is 17.6 Å². The zero-order valence-electron chi connectivity index (χ0n) is 10.5. The van der Waals surface area contributed by atoms with Crippen molar-refractivity contribution >= 4 is 27.3 Å². The average Bonchev–Trinajstić information content (AvgIpc) is 2.75. The highest BCUT2D eigenvalue weighted by Gasteiger charge is 2.28. The van der Waals surface area contributed by atoms with Crippen molar-refractivity contribution in [3.63, 3.8) is 0 Å². The van der Waals surface area contributed by atoms with E-state index in [1.807, 2.05) is 11.3 Å². The molecule has 3 atom stereocenters. The summed E-state index contributed by atoms with van der Waals surface area (Å²) in [5.41, 5.74) is 5.87. The van der Waals surface area contributed by atoms with Crippen LogP contribution in [0.5, 0.6) is 0 Å². The van der Waals surface area contributed by atoms with Crippen LogP contribution < -0.4 is 5.73 Å². The molecule has 2 rings (SSSR count). The Kier molecular flexibility index (Phi) is 4.64. The second-order valence-electron chi connectivity index (χ2n) is 5.10. The van der Waals surface area contributed by atoms with Crippen molar-refractivity contribution in [1.82, 2.24) is 4.90 Å². The van der Waals surface area contributed by atoms with E-state index in [0.29, 0.717) is 12.0 Å². The van der Waals surface area contributed by atoms with Crippen LogP contribution in [0.4, 0.5) is 0 Å². The predicted molar refractivity (Wildman–Crippen MR) is 78.3 cm³/mol. The molecule has 0 aliphatic carbocycles. The third-order valence-corrected chi connectivity index (χ3v) is 5.86. The van der Waals surface area contributed by atoms with E-state index in [-0.39, 0.29) is 0 Å². The van der Waals surface area contributed by atoms with Gasteiger partial charge in [-0.3, -0.25) is 4.90 Å². The summed E-state index contributed by atoms with van der Waals surface area (Å²) in [5, 5.41) is 2.17. The van der Waals surface area contributed by atoms with Gasteiger partial charge in [0.15, 0.2) is 0 Å². The Balaban J connectivity index is 2.03. The van der Waals surface area contributed by atoms with E-state index in [1.165, 1.54) is 22.3 Å². The molecule has 2 N–H and O–H groups in total. The molecular formula is C13H21BrN2S. The molecule has 17 heavy (non-hydrogen) atoms. The van der Waals surface area contributed by atoms with Crippen molar-refractivity contribution in [1.29, 1.82) is 0 Å². The highest BCUT2D eigenvalue weighted by atomic mass is 79.9. The molecular weight excluding hydrogens is 296 g/mol. The number of hydrogen-bond donors (Lipinski definition) is 1. The van der Waals surface area contributed by atoms with Gasteiger partial charge in [0.25, 0.3) is 0 Å². The van der Waals surface area contributed by atoms with Crippen LogP contribution >= 0.6 is 27.3 Å². The summed E-state index contributed by atoms with van der Waals surface area (Å²) in [6, 6.07) is 2.76.